The molecule has 4 heteroatoms. The van der Waals surface area contributed by atoms with Crippen LogP contribution in [0.2, 0.25) is 0 Å². The summed E-state index contributed by atoms with van der Waals surface area (Å²) in [5.74, 6) is 0.333. The van der Waals surface area contributed by atoms with Crippen molar-refractivity contribution in [1.82, 2.24) is 4.90 Å². The normalized spacial score (nSPS) is 26.5. The van der Waals surface area contributed by atoms with Gasteiger partial charge in [-0.25, -0.2) is 0 Å². The quantitative estimate of drug-likeness (QED) is 0.850. The molecule has 3 unspecified atom stereocenters. The average Bonchev–Trinajstić information content (AvgIpc) is 2.62. The molecule has 1 saturated heterocycles. The highest BCUT2D eigenvalue weighted by atomic mass is 35.5. The number of aliphatic hydroxyl groups excluding tert-OH is 1. The zero-order valence-electron chi connectivity index (χ0n) is 14.3. The third-order valence-electron chi connectivity index (χ3n) is 5.73. The third kappa shape index (κ3) is 3.55. The summed E-state index contributed by atoms with van der Waals surface area (Å²) < 4.78 is 0. The number of para-hydroxylation sites is 1. The van der Waals surface area contributed by atoms with E-state index in [1.165, 1.54) is 30.4 Å². The lowest BCUT2D eigenvalue weighted by atomic mass is 9.82. The maximum atomic E-state index is 10.7. The molecule has 0 aromatic heterocycles. The van der Waals surface area contributed by atoms with E-state index in [0.717, 1.165) is 18.5 Å². The second-order valence-electron chi connectivity index (χ2n) is 7.12. The standard InChI is InChI=1S/C21H25NO2.ClH/c23-20-11-4-3-9-17(20)18-12-13-22(14-21(18)24)19-10-5-7-15-6-1-2-8-16(15)19;/h1-4,6,8-9,11,18-19,21,23-24H,5,7,10,12-14H2;1H. The van der Waals surface area contributed by atoms with Crippen LogP contribution in [0.15, 0.2) is 48.5 Å². The minimum absolute atomic E-state index is 0. The molecular weight excluding hydrogens is 334 g/mol. The molecule has 0 spiro atoms. The van der Waals surface area contributed by atoms with Gasteiger partial charge in [0.15, 0.2) is 0 Å². The van der Waals surface area contributed by atoms with Crippen LogP contribution >= 0.6 is 12.4 Å². The predicted molar refractivity (Wildman–Crippen MR) is 102 cm³/mol. The molecule has 1 aliphatic carbocycles. The van der Waals surface area contributed by atoms with Gasteiger partial charge in [0.1, 0.15) is 5.75 Å². The predicted octanol–water partition coefficient (Wildman–Crippen LogP) is 4.04. The average molecular weight is 360 g/mol. The van der Waals surface area contributed by atoms with Gasteiger partial charge < -0.3 is 10.2 Å². The lowest BCUT2D eigenvalue weighted by Gasteiger charge is -2.42. The molecule has 0 amide bonds. The molecule has 1 heterocycles. The fourth-order valence-electron chi connectivity index (χ4n) is 4.51. The van der Waals surface area contributed by atoms with Crippen LogP contribution in [-0.4, -0.2) is 34.3 Å². The minimum Gasteiger partial charge on any atom is -0.508 e. The molecule has 3 atom stereocenters. The van der Waals surface area contributed by atoms with E-state index in [4.69, 9.17) is 0 Å². The maximum Gasteiger partial charge on any atom is 0.119 e. The van der Waals surface area contributed by atoms with Crippen molar-refractivity contribution in [2.75, 3.05) is 13.1 Å². The van der Waals surface area contributed by atoms with Crippen molar-refractivity contribution in [1.29, 1.82) is 0 Å². The second kappa shape index (κ2) is 7.77. The van der Waals surface area contributed by atoms with E-state index in [2.05, 4.69) is 29.2 Å². The highest BCUT2D eigenvalue weighted by Gasteiger charge is 2.35. The van der Waals surface area contributed by atoms with Crippen LogP contribution in [0, 0.1) is 0 Å². The number of aliphatic hydroxyl groups is 1. The smallest absolute Gasteiger partial charge is 0.119 e. The lowest BCUT2D eigenvalue weighted by molar-refractivity contribution is 0.0245. The number of aryl methyl sites for hydroxylation is 1. The van der Waals surface area contributed by atoms with Gasteiger partial charge in [0.25, 0.3) is 0 Å². The van der Waals surface area contributed by atoms with Crippen molar-refractivity contribution < 1.29 is 10.2 Å². The summed E-state index contributed by atoms with van der Waals surface area (Å²) >= 11 is 0. The molecule has 1 fully saturated rings. The van der Waals surface area contributed by atoms with Gasteiger partial charge in [-0.3, -0.25) is 4.90 Å². The topological polar surface area (TPSA) is 43.7 Å². The summed E-state index contributed by atoms with van der Waals surface area (Å²) in [4.78, 5) is 2.44. The molecule has 4 rings (SSSR count). The first kappa shape index (κ1) is 18.2. The van der Waals surface area contributed by atoms with E-state index in [0.29, 0.717) is 18.3 Å². The summed E-state index contributed by atoms with van der Waals surface area (Å²) in [6.07, 6.45) is 4.02. The van der Waals surface area contributed by atoms with Crippen molar-refractivity contribution in [2.45, 2.75) is 43.7 Å². The Hall–Kier alpha value is -1.55. The summed E-state index contributed by atoms with van der Waals surface area (Å²) in [6, 6.07) is 16.6. The molecule has 2 N–H and O–H groups in total. The number of piperidine rings is 1. The Morgan fingerprint density at radius 1 is 0.920 bits per heavy atom. The Morgan fingerprint density at radius 2 is 1.64 bits per heavy atom. The number of phenols is 1. The zero-order valence-corrected chi connectivity index (χ0v) is 15.2. The Labute approximate surface area is 155 Å². The van der Waals surface area contributed by atoms with Crippen LogP contribution in [0.25, 0.3) is 0 Å². The molecule has 25 heavy (non-hydrogen) atoms. The van der Waals surface area contributed by atoms with Gasteiger partial charge in [0.2, 0.25) is 0 Å². The first-order chi connectivity index (χ1) is 11.7. The Bertz CT molecular complexity index is 721. The molecule has 3 nitrogen and oxygen atoms in total. The van der Waals surface area contributed by atoms with E-state index in [9.17, 15) is 10.2 Å². The molecular formula is C21H26ClNO2. The van der Waals surface area contributed by atoms with Gasteiger partial charge in [-0.15, -0.1) is 12.4 Å². The zero-order chi connectivity index (χ0) is 16.5. The first-order valence-corrected chi connectivity index (χ1v) is 9.02. The number of halogens is 1. The minimum atomic E-state index is -0.430. The maximum absolute atomic E-state index is 10.7. The molecule has 2 aromatic carbocycles. The van der Waals surface area contributed by atoms with Gasteiger partial charge in [-0.1, -0.05) is 42.5 Å². The molecule has 2 aromatic rings. The van der Waals surface area contributed by atoms with Gasteiger partial charge in [-0.2, -0.15) is 0 Å². The number of fused-ring (bicyclic) bond motifs is 1. The van der Waals surface area contributed by atoms with Crippen molar-refractivity contribution in [3.05, 3.63) is 65.2 Å². The highest BCUT2D eigenvalue weighted by Crippen LogP contribution is 2.39. The first-order valence-electron chi connectivity index (χ1n) is 9.02. The lowest BCUT2D eigenvalue weighted by Crippen LogP contribution is -2.45. The number of hydrogen-bond donors (Lipinski definition) is 2. The molecule has 0 bridgehead atoms. The van der Waals surface area contributed by atoms with Crippen molar-refractivity contribution in [2.24, 2.45) is 0 Å². The number of nitrogens with zero attached hydrogens (tertiary/aromatic N) is 1. The Balaban J connectivity index is 0.00000182. The summed E-state index contributed by atoms with van der Waals surface area (Å²) in [7, 11) is 0. The van der Waals surface area contributed by atoms with E-state index < -0.39 is 6.10 Å². The van der Waals surface area contributed by atoms with Gasteiger partial charge in [-0.05, 0) is 55.0 Å². The van der Waals surface area contributed by atoms with Crippen molar-refractivity contribution in [3.63, 3.8) is 0 Å². The third-order valence-corrected chi connectivity index (χ3v) is 5.73. The number of phenolic OH excluding ortho intramolecular Hbond substituents is 1. The number of benzene rings is 2. The summed E-state index contributed by atoms with van der Waals surface area (Å²) in [5.41, 5.74) is 3.79. The number of hydrogen-bond acceptors (Lipinski definition) is 3. The van der Waals surface area contributed by atoms with Crippen LogP contribution in [0.1, 0.15) is 47.9 Å². The highest BCUT2D eigenvalue weighted by molar-refractivity contribution is 5.85. The van der Waals surface area contributed by atoms with Crippen LogP contribution < -0.4 is 0 Å². The Morgan fingerprint density at radius 3 is 2.40 bits per heavy atom. The van der Waals surface area contributed by atoms with Crippen LogP contribution in [0.3, 0.4) is 0 Å². The van der Waals surface area contributed by atoms with Crippen LogP contribution in [0.5, 0.6) is 5.75 Å². The van der Waals surface area contributed by atoms with E-state index >= 15 is 0 Å². The number of aromatic hydroxyl groups is 1. The van der Waals surface area contributed by atoms with Gasteiger partial charge >= 0.3 is 0 Å². The number of rotatable bonds is 2. The second-order valence-corrected chi connectivity index (χ2v) is 7.12. The van der Waals surface area contributed by atoms with E-state index in [1.807, 2.05) is 18.2 Å². The fourth-order valence-corrected chi connectivity index (χ4v) is 4.51. The van der Waals surface area contributed by atoms with Crippen molar-refractivity contribution >= 4 is 12.4 Å². The van der Waals surface area contributed by atoms with Gasteiger partial charge in [0, 0.05) is 18.5 Å². The SMILES string of the molecule is Cl.Oc1ccccc1C1CCN(C2CCCc3ccccc32)CC1O. The largest absolute Gasteiger partial charge is 0.508 e. The summed E-state index contributed by atoms with van der Waals surface area (Å²) in [6.45, 7) is 1.65. The van der Waals surface area contributed by atoms with E-state index in [1.54, 1.807) is 6.07 Å². The molecule has 1 aliphatic heterocycles. The molecule has 0 radical (unpaired) electrons. The van der Waals surface area contributed by atoms with Crippen LogP contribution in [-0.2, 0) is 6.42 Å². The Kier molecular flexibility index (Phi) is 5.67. The van der Waals surface area contributed by atoms with Crippen molar-refractivity contribution in [3.8, 4) is 5.75 Å². The number of β-amino-alcohol motifs (C(OH)–C–C–N with tert-alkyl or cyclic N) is 1. The monoisotopic (exact) mass is 359 g/mol. The molecule has 2 aliphatic rings. The van der Waals surface area contributed by atoms with Gasteiger partial charge in [0.05, 0.1) is 6.10 Å². The molecule has 134 valence electrons. The molecule has 0 saturated carbocycles. The van der Waals surface area contributed by atoms with Crippen LogP contribution in [0.4, 0.5) is 0 Å². The number of likely N-dealkylation sites (tertiary alicyclic amines) is 1. The van der Waals surface area contributed by atoms with E-state index in [-0.39, 0.29) is 18.3 Å². The fraction of sp³-hybridized carbons (Fsp3) is 0.429. The summed E-state index contributed by atoms with van der Waals surface area (Å²) in [5, 5.41) is 20.8.